The van der Waals surface area contributed by atoms with Crippen molar-refractivity contribution in [2.75, 3.05) is 0 Å². The van der Waals surface area contributed by atoms with Gasteiger partial charge in [-0.1, -0.05) is 12.1 Å². The number of rotatable bonds is 2. The van der Waals surface area contributed by atoms with E-state index in [0.29, 0.717) is 11.1 Å². The molecule has 2 rings (SSSR count). The fourth-order valence-electron chi connectivity index (χ4n) is 1.85. The topological polar surface area (TPSA) is 60.7 Å². The quantitative estimate of drug-likeness (QED) is 0.567. The summed E-state index contributed by atoms with van der Waals surface area (Å²) in [4.78, 5) is 0. The fraction of sp³-hybridized carbons (Fsp3) is 0.125. The number of allylic oxidation sites excluding steroid dienone is 1. The summed E-state index contributed by atoms with van der Waals surface area (Å²) in [5, 5.41) is 28.8. The second-order valence-corrected chi connectivity index (χ2v) is 4.57. The molecular weight excluding hydrogens is 240 g/mol. The molecular formula is C16H16O3. The highest BCUT2D eigenvalue weighted by molar-refractivity contribution is 5.82. The van der Waals surface area contributed by atoms with Crippen LogP contribution < -0.4 is 0 Å². The molecule has 2 aromatic rings. The number of phenols is 3. The van der Waals surface area contributed by atoms with Crippen molar-refractivity contribution in [1.29, 1.82) is 0 Å². The highest BCUT2D eigenvalue weighted by Gasteiger charge is 2.05. The number of hydrogen-bond acceptors (Lipinski definition) is 3. The molecule has 0 spiro atoms. The molecule has 0 amide bonds. The summed E-state index contributed by atoms with van der Waals surface area (Å²) in [6.07, 6.45) is 1.79. The molecule has 0 saturated heterocycles. The van der Waals surface area contributed by atoms with Gasteiger partial charge in [0.15, 0.2) is 0 Å². The number of benzene rings is 2. The molecule has 0 aromatic heterocycles. The van der Waals surface area contributed by atoms with Gasteiger partial charge >= 0.3 is 0 Å². The van der Waals surface area contributed by atoms with Crippen molar-refractivity contribution in [3.8, 4) is 17.2 Å². The zero-order valence-electron chi connectivity index (χ0n) is 10.9. The van der Waals surface area contributed by atoms with E-state index in [-0.39, 0.29) is 17.2 Å². The predicted molar refractivity (Wildman–Crippen MR) is 76.2 cm³/mol. The number of aromatic hydroxyl groups is 3. The molecule has 2 aromatic carbocycles. The average Bonchev–Trinajstić information content (AvgIpc) is 2.36. The second kappa shape index (κ2) is 5.06. The molecule has 0 aliphatic rings. The maximum absolute atomic E-state index is 9.86. The monoisotopic (exact) mass is 256 g/mol. The minimum Gasteiger partial charge on any atom is -0.508 e. The van der Waals surface area contributed by atoms with Crippen molar-refractivity contribution >= 4 is 11.6 Å². The Morgan fingerprint density at radius 1 is 0.947 bits per heavy atom. The Kier molecular flexibility index (Phi) is 3.47. The van der Waals surface area contributed by atoms with Crippen LogP contribution in [0.1, 0.15) is 23.6 Å². The third-order valence-electron chi connectivity index (χ3n) is 3.04. The maximum Gasteiger partial charge on any atom is 0.123 e. The van der Waals surface area contributed by atoms with Gasteiger partial charge in [0.1, 0.15) is 17.2 Å². The smallest absolute Gasteiger partial charge is 0.123 e. The number of aryl methyl sites for hydroxylation is 1. The van der Waals surface area contributed by atoms with E-state index in [1.807, 2.05) is 6.92 Å². The van der Waals surface area contributed by atoms with E-state index in [0.717, 1.165) is 11.1 Å². The van der Waals surface area contributed by atoms with Crippen LogP contribution in [0, 0.1) is 6.92 Å². The Morgan fingerprint density at radius 3 is 2.21 bits per heavy atom. The van der Waals surface area contributed by atoms with Gasteiger partial charge in [0, 0.05) is 5.56 Å². The summed E-state index contributed by atoms with van der Waals surface area (Å²) in [6, 6.07) is 9.89. The lowest BCUT2D eigenvalue weighted by atomic mass is 10.0. The number of phenolic OH excluding ortho intramolecular Hbond substituents is 3. The molecule has 0 aliphatic heterocycles. The Balaban J connectivity index is 2.40. The third-order valence-corrected chi connectivity index (χ3v) is 3.04. The summed E-state index contributed by atoms with van der Waals surface area (Å²) in [5.41, 5.74) is 3.07. The molecule has 98 valence electrons. The minimum atomic E-state index is 0.133. The van der Waals surface area contributed by atoms with Crippen molar-refractivity contribution in [3.63, 3.8) is 0 Å². The van der Waals surface area contributed by atoms with Crippen LogP contribution >= 0.6 is 0 Å². The van der Waals surface area contributed by atoms with Crippen molar-refractivity contribution in [2.45, 2.75) is 13.8 Å². The van der Waals surface area contributed by atoms with Gasteiger partial charge in [-0.15, -0.1) is 0 Å². The molecule has 0 saturated carbocycles. The van der Waals surface area contributed by atoms with Crippen LogP contribution in [0.5, 0.6) is 17.2 Å². The lowest BCUT2D eigenvalue weighted by Gasteiger charge is -2.06. The summed E-state index contributed by atoms with van der Waals surface area (Å²) < 4.78 is 0. The Labute approximate surface area is 112 Å². The molecule has 0 atom stereocenters. The zero-order chi connectivity index (χ0) is 14.0. The van der Waals surface area contributed by atoms with Crippen LogP contribution in [0.4, 0.5) is 0 Å². The first-order valence-electron chi connectivity index (χ1n) is 5.97. The molecule has 0 bridgehead atoms. The third kappa shape index (κ3) is 2.88. The van der Waals surface area contributed by atoms with Crippen molar-refractivity contribution in [2.24, 2.45) is 0 Å². The molecule has 0 radical (unpaired) electrons. The van der Waals surface area contributed by atoms with Crippen LogP contribution in [-0.4, -0.2) is 15.3 Å². The summed E-state index contributed by atoms with van der Waals surface area (Å²) in [7, 11) is 0. The predicted octanol–water partition coefficient (Wildman–Crippen LogP) is 3.67. The second-order valence-electron chi connectivity index (χ2n) is 4.57. The summed E-state index contributed by atoms with van der Waals surface area (Å²) in [5.74, 6) is 0.503. The molecule has 0 fully saturated rings. The zero-order valence-corrected chi connectivity index (χ0v) is 10.9. The van der Waals surface area contributed by atoms with E-state index >= 15 is 0 Å². The Hall–Kier alpha value is -2.42. The first kappa shape index (κ1) is 13.0. The average molecular weight is 256 g/mol. The normalized spacial score (nSPS) is 11.6. The largest absolute Gasteiger partial charge is 0.508 e. The Morgan fingerprint density at radius 2 is 1.58 bits per heavy atom. The molecule has 3 nitrogen and oxygen atoms in total. The van der Waals surface area contributed by atoms with Gasteiger partial charge in [-0.2, -0.15) is 0 Å². The van der Waals surface area contributed by atoms with Crippen molar-refractivity contribution in [3.05, 3.63) is 53.1 Å². The van der Waals surface area contributed by atoms with Gasteiger partial charge in [0.2, 0.25) is 0 Å². The van der Waals surface area contributed by atoms with Gasteiger partial charge in [-0.25, -0.2) is 0 Å². The van der Waals surface area contributed by atoms with Crippen LogP contribution in [0.15, 0.2) is 36.4 Å². The fourth-order valence-corrected chi connectivity index (χ4v) is 1.85. The van der Waals surface area contributed by atoms with Crippen LogP contribution in [0.2, 0.25) is 0 Å². The Bertz CT molecular complexity index is 625. The van der Waals surface area contributed by atoms with Crippen molar-refractivity contribution < 1.29 is 15.3 Å². The first-order chi connectivity index (χ1) is 8.97. The van der Waals surface area contributed by atoms with Crippen LogP contribution in [-0.2, 0) is 0 Å². The molecule has 0 heterocycles. The van der Waals surface area contributed by atoms with E-state index in [2.05, 4.69) is 0 Å². The van der Waals surface area contributed by atoms with Crippen molar-refractivity contribution in [1.82, 2.24) is 0 Å². The van der Waals surface area contributed by atoms with Gasteiger partial charge < -0.3 is 15.3 Å². The van der Waals surface area contributed by atoms with Crippen LogP contribution in [0.25, 0.3) is 11.6 Å². The van der Waals surface area contributed by atoms with E-state index in [4.69, 9.17) is 0 Å². The lowest BCUT2D eigenvalue weighted by molar-refractivity contribution is 0.456. The minimum absolute atomic E-state index is 0.133. The van der Waals surface area contributed by atoms with E-state index in [9.17, 15) is 15.3 Å². The molecule has 19 heavy (non-hydrogen) atoms. The number of hydrogen-bond donors (Lipinski definition) is 3. The van der Waals surface area contributed by atoms with E-state index in [1.165, 1.54) is 12.1 Å². The van der Waals surface area contributed by atoms with E-state index in [1.54, 1.807) is 37.3 Å². The van der Waals surface area contributed by atoms with Gasteiger partial charge in [-0.05, 0) is 60.9 Å². The molecule has 0 aliphatic carbocycles. The highest BCUT2D eigenvalue weighted by atomic mass is 16.3. The highest BCUT2D eigenvalue weighted by Crippen LogP contribution is 2.30. The van der Waals surface area contributed by atoms with Gasteiger partial charge in [0.25, 0.3) is 0 Å². The first-order valence-corrected chi connectivity index (χ1v) is 5.97. The van der Waals surface area contributed by atoms with Gasteiger partial charge in [0.05, 0.1) is 0 Å². The molecule has 3 heteroatoms. The standard InChI is InChI=1S/C16H16O3/c1-10(12-3-5-14(17)6-4-12)7-13-9-15(18)11(2)8-16(13)19/h3-9,17-19H,1-2H3. The van der Waals surface area contributed by atoms with Crippen LogP contribution in [0.3, 0.4) is 0 Å². The van der Waals surface area contributed by atoms with E-state index < -0.39 is 0 Å². The SMILES string of the molecule is CC(=Cc1cc(O)c(C)cc1O)c1ccc(O)cc1. The lowest BCUT2D eigenvalue weighted by Crippen LogP contribution is -1.83. The van der Waals surface area contributed by atoms with Gasteiger partial charge in [-0.3, -0.25) is 0 Å². The molecule has 3 N–H and O–H groups in total. The molecule has 0 unspecified atom stereocenters. The maximum atomic E-state index is 9.86. The summed E-state index contributed by atoms with van der Waals surface area (Å²) >= 11 is 0. The summed E-state index contributed by atoms with van der Waals surface area (Å²) in [6.45, 7) is 3.64.